The SMILES string of the molecule is COc1cccc(/C=C/C(=O)N(C2=N[C@@H](C)CS2)c2ccc(Cl)cc2)c1. The quantitative estimate of drug-likeness (QED) is 0.703. The van der Waals surface area contributed by atoms with Crippen molar-refractivity contribution < 1.29 is 9.53 Å². The minimum absolute atomic E-state index is 0.157. The zero-order valence-corrected chi connectivity index (χ0v) is 16.1. The minimum atomic E-state index is -0.157. The molecule has 0 saturated carbocycles. The largest absolute Gasteiger partial charge is 0.497 e. The molecule has 0 fully saturated rings. The van der Waals surface area contributed by atoms with Crippen molar-refractivity contribution in [2.45, 2.75) is 13.0 Å². The minimum Gasteiger partial charge on any atom is -0.497 e. The predicted molar refractivity (Wildman–Crippen MR) is 110 cm³/mol. The molecular weight excluding hydrogens is 368 g/mol. The van der Waals surface area contributed by atoms with Crippen molar-refractivity contribution in [3.05, 3.63) is 65.2 Å². The number of halogens is 1. The lowest BCUT2D eigenvalue weighted by Crippen LogP contribution is -2.33. The molecule has 0 radical (unpaired) electrons. The van der Waals surface area contributed by atoms with Crippen molar-refractivity contribution in [2.75, 3.05) is 17.8 Å². The number of aliphatic imine (C=N–C) groups is 1. The second kappa shape index (κ2) is 8.43. The van der Waals surface area contributed by atoms with E-state index >= 15 is 0 Å². The van der Waals surface area contributed by atoms with Crippen LogP contribution in [-0.4, -0.2) is 30.0 Å². The van der Waals surface area contributed by atoms with Crippen LogP contribution < -0.4 is 9.64 Å². The first-order valence-electron chi connectivity index (χ1n) is 8.19. The number of thioether (sulfide) groups is 1. The van der Waals surface area contributed by atoms with Crippen molar-refractivity contribution in [1.29, 1.82) is 0 Å². The molecule has 1 aliphatic heterocycles. The van der Waals surface area contributed by atoms with Crippen LogP contribution in [0.4, 0.5) is 5.69 Å². The van der Waals surface area contributed by atoms with Gasteiger partial charge in [-0.3, -0.25) is 14.7 Å². The van der Waals surface area contributed by atoms with E-state index in [0.717, 1.165) is 22.8 Å². The van der Waals surface area contributed by atoms with E-state index in [9.17, 15) is 4.79 Å². The Bertz CT molecular complexity index is 849. The van der Waals surface area contributed by atoms with E-state index in [2.05, 4.69) is 4.99 Å². The van der Waals surface area contributed by atoms with Crippen LogP contribution in [-0.2, 0) is 4.79 Å². The standard InChI is InChI=1S/C20H19ClN2O2S/c1-14-13-26-20(22-14)23(17-9-7-16(21)8-10-17)19(24)11-6-15-4-3-5-18(12-15)25-2/h3-12,14H,13H2,1-2H3/b11-6+/t14-/m0/s1. The maximum Gasteiger partial charge on any atom is 0.257 e. The molecule has 1 heterocycles. The number of hydrogen-bond acceptors (Lipinski definition) is 4. The molecule has 6 heteroatoms. The molecule has 0 aliphatic carbocycles. The van der Waals surface area contributed by atoms with Gasteiger partial charge in [-0.25, -0.2) is 0 Å². The number of amidine groups is 1. The number of anilines is 1. The summed E-state index contributed by atoms with van der Waals surface area (Å²) in [6.07, 6.45) is 3.33. The highest BCUT2D eigenvalue weighted by atomic mass is 35.5. The van der Waals surface area contributed by atoms with E-state index in [4.69, 9.17) is 16.3 Å². The molecule has 1 atom stereocenters. The number of amides is 1. The first kappa shape index (κ1) is 18.5. The maximum absolute atomic E-state index is 12.9. The Hall–Kier alpha value is -2.24. The molecule has 2 aromatic rings. The Morgan fingerprint density at radius 1 is 1.31 bits per heavy atom. The van der Waals surface area contributed by atoms with Crippen LogP contribution in [0.1, 0.15) is 12.5 Å². The van der Waals surface area contributed by atoms with Gasteiger partial charge in [0.05, 0.1) is 18.8 Å². The molecule has 0 N–H and O–H groups in total. The molecule has 134 valence electrons. The monoisotopic (exact) mass is 386 g/mol. The van der Waals surface area contributed by atoms with Crippen molar-refractivity contribution in [3.63, 3.8) is 0 Å². The van der Waals surface area contributed by atoms with Crippen molar-refractivity contribution >= 4 is 46.2 Å². The van der Waals surface area contributed by atoms with E-state index in [1.54, 1.807) is 48.1 Å². The van der Waals surface area contributed by atoms with Crippen LogP contribution in [0.3, 0.4) is 0 Å². The first-order chi connectivity index (χ1) is 12.6. The molecule has 0 unspecified atom stereocenters. The second-order valence-corrected chi connectivity index (χ2v) is 7.26. The summed E-state index contributed by atoms with van der Waals surface area (Å²) in [5.74, 6) is 1.46. The molecule has 0 aromatic heterocycles. The molecule has 0 saturated heterocycles. The van der Waals surface area contributed by atoms with Crippen LogP contribution in [0, 0.1) is 0 Å². The van der Waals surface area contributed by atoms with Gasteiger partial charge in [0.1, 0.15) is 5.75 Å². The fourth-order valence-electron chi connectivity index (χ4n) is 2.49. The maximum atomic E-state index is 12.9. The predicted octanol–water partition coefficient (Wildman–Crippen LogP) is 4.89. The van der Waals surface area contributed by atoms with Crippen molar-refractivity contribution in [3.8, 4) is 5.75 Å². The van der Waals surface area contributed by atoms with Gasteiger partial charge in [0.25, 0.3) is 5.91 Å². The third-order valence-corrected chi connectivity index (χ3v) is 5.24. The second-order valence-electron chi connectivity index (χ2n) is 5.83. The summed E-state index contributed by atoms with van der Waals surface area (Å²) in [5.41, 5.74) is 1.64. The molecule has 1 amide bonds. The summed E-state index contributed by atoms with van der Waals surface area (Å²) < 4.78 is 5.22. The number of hydrogen-bond donors (Lipinski definition) is 0. The highest BCUT2D eigenvalue weighted by Gasteiger charge is 2.25. The van der Waals surface area contributed by atoms with E-state index in [-0.39, 0.29) is 11.9 Å². The van der Waals surface area contributed by atoms with Crippen LogP contribution in [0.2, 0.25) is 5.02 Å². The number of nitrogens with zero attached hydrogens (tertiary/aromatic N) is 2. The molecule has 3 rings (SSSR count). The zero-order chi connectivity index (χ0) is 18.5. The van der Waals surface area contributed by atoms with E-state index in [0.29, 0.717) is 10.2 Å². The van der Waals surface area contributed by atoms with Gasteiger partial charge < -0.3 is 4.74 Å². The number of carbonyl (C=O) groups excluding carboxylic acids is 1. The molecule has 2 aromatic carbocycles. The average Bonchev–Trinajstić information content (AvgIpc) is 3.08. The van der Waals surface area contributed by atoms with E-state index in [1.165, 1.54) is 0 Å². The Kier molecular flexibility index (Phi) is 6.01. The summed E-state index contributed by atoms with van der Waals surface area (Å²) >= 11 is 7.57. The van der Waals surface area contributed by atoms with Crippen LogP contribution in [0.15, 0.2) is 59.6 Å². The number of benzene rings is 2. The average molecular weight is 387 g/mol. The van der Waals surface area contributed by atoms with Crippen LogP contribution >= 0.6 is 23.4 Å². The number of ether oxygens (including phenoxy) is 1. The molecule has 26 heavy (non-hydrogen) atoms. The lowest BCUT2D eigenvalue weighted by atomic mass is 10.2. The Morgan fingerprint density at radius 3 is 2.73 bits per heavy atom. The lowest BCUT2D eigenvalue weighted by Gasteiger charge is -2.20. The van der Waals surface area contributed by atoms with Crippen LogP contribution in [0.5, 0.6) is 5.75 Å². The Labute approximate surface area is 162 Å². The normalized spacial score (nSPS) is 16.6. The Balaban J connectivity index is 1.88. The van der Waals surface area contributed by atoms with Crippen LogP contribution in [0.25, 0.3) is 6.08 Å². The summed E-state index contributed by atoms with van der Waals surface area (Å²) in [6, 6.07) is 14.9. The summed E-state index contributed by atoms with van der Waals surface area (Å²) in [7, 11) is 1.62. The summed E-state index contributed by atoms with van der Waals surface area (Å²) in [5, 5.41) is 1.34. The van der Waals surface area contributed by atoms with Gasteiger partial charge >= 0.3 is 0 Å². The molecule has 1 aliphatic rings. The summed E-state index contributed by atoms with van der Waals surface area (Å²) in [6.45, 7) is 2.04. The number of carbonyl (C=O) groups is 1. The molecule has 4 nitrogen and oxygen atoms in total. The number of methoxy groups -OCH3 is 1. The van der Waals surface area contributed by atoms with E-state index < -0.39 is 0 Å². The van der Waals surface area contributed by atoms with Gasteiger partial charge in [0.15, 0.2) is 5.17 Å². The van der Waals surface area contributed by atoms with Gasteiger partial charge in [-0.1, -0.05) is 35.5 Å². The van der Waals surface area contributed by atoms with Gasteiger partial charge in [-0.15, -0.1) is 0 Å². The van der Waals surface area contributed by atoms with Gasteiger partial charge in [-0.05, 0) is 55.0 Å². The zero-order valence-electron chi connectivity index (χ0n) is 14.6. The topological polar surface area (TPSA) is 41.9 Å². The highest BCUT2D eigenvalue weighted by molar-refractivity contribution is 8.14. The fraction of sp³-hybridized carbons (Fsp3) is 0.200. The Morgan fingerprint density at radius 2 is 2.08 bits per heavy atom. The summed E-state index contributed by atoms with van der Waals surface area (Å²) in [4.78, 5) is 19.1. The van der Waals surface area contributed by atoms with Crippen molar-refractivity contribution in [1.82, 2.24) is 0 Å². The smallest absolute Gasteiger partial charge is 0.257 e. The van der Waals surface area contributed by atoms with Gasteiger partial charge in [-0.2, -0.15) is 0 Å². The first-order valence-corrected chi connectivity index (χ1v) is 9.55. The fourth-order valence-corrected chi connectivity index (χ4v) is 3.66. The lowest BCUT2D eigenvalue weighted by molar-refractivity contribution is -0.113. The van der Waals surface area contributed by atoms with Crippen molar-refractivity contribution in [2.24, 2.45) is 4.99 Å². The third kappa shape index (κ3) is 4.48. The molecule has 0 bridgehead atoms. The van der Waals surface area contributed by atoms with Gasteiger partial charge in [0, 0.05) is 16.9 Å². The third-order valence-electron chi connectivity index (χ3n) is 3.79. The van der Waals surface area contributed by atoms with E-state index in [1.807, 2.05) is 43.3 Å². The molecular formula is C20H19ClN2O2S. The highest BCUT2D eigenvalue weighted by Crippen LogP contribution is 2.27. The van der Waals surface area contributed by atoms with Gasteiger partial charge in [0.2, 0.25) is 0 Å². The number of rotatable bonds is 4. The molecule has 0 spiro atoms.